The molecule has 1 saturated heterocycles. The zero-order valence-corrected chi connectivity index (χ0v) is 19.6. The van der Waals surface area contributed by atoms with Gasteiger partial charge in [0.25, 0.3) is 0 Å². The summed E-state index contributed by atoms with van der Waals surface area (Å²) in [5.41, 5.74) is 4.54. The normalized spacial score (nSPS) is 14.6. The second-order valence-electron chi connectivity index (χ2n) is 8.39. The van der Waals surface area contributed by atoms with E-state index in [2.05, 4.69) is 27.4 Å². The zero-order valence-electron chi connectivity index (χ0n) is 18.8. The summed E-state index contributed by atoms with van der Waals surface area (Å²) >= 11 is 1.67. The topological polar surface area (TPSA) is 61.5 Å². The second kappa shape index (κ2) is 9.77. The van der Waals surface area contributed by atoms with Crippen molar-refractivity contribution in [2.24, 2.45) is 0 Å². The van der Waals surface area contributed by atoms with E-state index >= 15 is 0 Å². The first-order valence-corrected chi connectivity index (χ1v) is 12.2. The molecule has 4 aromatic rings. The smallest absolute Gasteiger partial charge is 0.222 e. The predicted molar refractivity (Wildman–Crippen MR) is 133 cm³/mol. The lowest BCUT2D eigenvalue weighted by Gasteiger charge is -2.34. The number of aromatic nitrogens is 2. The van der Waals surface area contributed by atoms with E-state index in [-0.39, 0.29) is 5.91 Å². The Morgan fingerprint density at radius 1 is 1.09 bits per heavy atom. The van der Waals surface area contributed by atoms with Crippen molar-refractivity contribution in [1.82, 2.24) is 19.8 Å². The van der Waals surface area contributed by atoms with Gasteiger partial charge in [-0.3, -0.25) is 9.69 Å². The van der Waals surface area contributed by atoms with Crippen LogP contribution in [0.2, 0.25) is 0 Å². The standard InChI is InChI=1S/C26H28N4O2S/c1-32-22-9-6-19(7-10-22)26-28-21(18-33-26)17-29-12-14-30(15-13-29)25(31)11-8-20-16-27-24-5-3-2-4-23(20)24/h2-7,9-10,16,18,27H,8,11-15,17H2,1H3. The molecule has 7 heteroatoms. The molecule has 2 aromatic carbocycles. The summed E-state index contributed by atoms with van der Waals surface area (Å²) in [4.78, 5) is 25.3. The Bertz CT molecular complexity index is 1220. The molecule has 0 unspecified atom stereocenters. The Hall–Kier alpha value is -3.16. The molecule has 33 heavy (non-hydrogen) atoms. The molecule has 0 saturated carbocycles. The third-order valence-electron chi connectivity index (χ3n) is 6.28. The van der Waals surface area contributed by atoms with Crippen molar-refractivity contribution in [3.8, 4) is 16.3 Å². The lowest BCUT2D eigenvalue weighted by Crippen LogP contribution is -2.48. The van der Waals surface area contributed by atoms with Gasteiger partial charge >= 0.3 is 0 Å². The quantitative estimate of drug-likeness (QED) is 0.439. The molecule has 5 rings (SSSR count). The summed E-state index contributed by atoms with van der Waals surface area (Å²) in [6.45, 7) is 4.15. The molecule has 0 aliphatic carbocycles. The third-order valence-corrected chi connectivity index (χ3v) is 7.22. The summed E-state index contributed by atoms with van der Waals surface area (Å²) < 4.78 is 5.23. The highest BCUT2D eigenvalue weighted by Gasteiger charge is 2.22. The number of piperazine rings is 1. The van der Waals surface area contributed by atoms with Crippen molar-refractivity contribution in [2.75, 3.05) is 33.3 Å². The van der Waals surface area contributed by atoms with Crippen molar-refractivity contribution in [2.45, 2.75) is 19.4 Å². The van der Waals surface area contributed by atoms with Gasteiger partial charge in [0.05, 0.1) is 12.8 Å². The number of ether oxygens (including phenoxy) is 1. The molecular formula is C26H28N4O2S. The fraction of sp³-hybridized carbons (Fsp3) is 0.308. The van der Waals surface area contributed by atoms with Crippen molar-refractivity contribution < 1.29 is 9.53 Å². The SMILES string of the molecule is COc1ccc(-c2nc(CN3CCN(C(=O)CCc4c[nH]c5ccccc45)CC3)cs2)cc1. The zero-order chi connectivity index (χ0) is 22.6. The Labute approximate surface area is 197 Å². The number of rotatable bonds is 7. The monoisotopic (exact) mass is 460 g/mol. The number of nitrogens with zero attached hydrogens (tertiary/aromatic N) is 3. The number of aryl methyl sites for hydroxylation is 1. The number of carbonyl (C=O) groups excluding carboxylic acids is 1. The predicted octanol–water partition coefficient (Wildman–Crippen LogP) is 4.58. The number of benzene rings is 2. The molecule has 1 fully saturated rings. The fourth-order valence-corrected chi connectivity index (χ4v) is 5.19. The Balaban J connectivity index is 1.10. The Morgan fingerprint density at radius 2 is 1.88 bits per heavy atom. The Morgan fingerprint density at radius 3 is 2.67 bits per heavy atom. The van der Waals surface area contributed by atoms with Gasteiger partial charge < -0.3 is 14.6 Å². The van der Waals surface area contributed by atoms with Crippen LogP contribution in [0.1, 0.15) is 17.7 Å². The van der Waals surface area contributed by atoms with E-state index in [4.69, 9.17) is 9.72 Å². The molecule has 0 bridgehead atoms. The van der Waals surface area contributed by atoms with Crippen molar-refractivity contribution >= 4 is 28.1 Å². The van der Waals surface area contributed by atoms with Gasteiger partial charge in [0.15, 0.2) is 0 Å². The molecule has 1 aliphatic rings. The number of methoxy groups -OCH3 is 1. The number of para-hydroxylation sites is 1. The summed E-state index contributed by atoms with van der Waals surface area (Å²) in [5, 5.41) is 4.38. The molecule has 0 radical (unpaired) electrons. The van der Waals surface area contributed by atoms with Crippen LogP contribution in [0.15, 0.2) is 60.1 Å². The molecule has 0 spiro atoms. The lowest BCUT2D eigenvalue weighted by atomic mass is 10.1. The highest BCUT2D eigenvalue weighted by atomic mass is 32.1. The highest BCUT2D eigenvalue weighted by molar-refractivity contribution is 7.13. The van der Waals surface area contributed by atoms with Gasteiger partial charge in [-0.2, -0.15) is 0 Å². The van der Waals surface area contributed by atoms with Crippen molar-refractivity contribution in [3.63, 3.8) is 0 Å². The van der Waals surface area contributed by atoms with E-state index in [9.17, 15) is 4.79 Å². The summed E-state index contributed by atoms with van der Waals surface area (Å²) in [7, 11) is 1.67. The van der Waals surface area contributed by atoms with E-state index < -0.39 is 0 Å². The maximum atomic E-state index is 12.8. The first-order valence-electron chi connectivity index (χ1n) is 11.3. The first kappa shape index (κ1) is 21.7. The number of nitrogens with one attached hydrogen (secondary N) is 1. The first-order chi connectivity index (χ1) is 16.2. The number of thiazole rings is 1. The lowest BCUT2D eigenvalue weighted by molar-refractivity contribution is -0.133. The molecule has 1 N–H and O–H groups in total. The number of aromatic amines is 1. The molecule has 1 aliphatic heterocycles. The van der Waals surface area contributed by atoms with E-state index in [1.165, 1.54) is 10.9 Å². The average Bonchev–Trinajstić information content (AvgIpc) is 3.50. The number of H-pyrrole nitrogens is 1. The van der Waals surface area contributed by atoms with Gasteiger partial charge in [-0.15, -0.1) is 11.3 Å². The number of hydrogen-bond acceptors (Lipinski definition) is 5. The van der Waals surface area contributed by atoms with Crippen LogP contribution in [0.4, 0.5) is 0 Å². The molecule has 170 valence electrons. The van der Waals surface area contributed by atoms with Crippen LogP contribution in [0.5, 0.6) is 5.75 Å². The minimum absolute atomic E-state index is 0.246. The maximum Gasteiger partial charge on any atom is 0.222 e. The second-order valence-corrected chi connectivity index (χ2v) is 9.25. The maximum absolute atomic E-state index is 12.8. The van der Waals surface area contributed by atoms with Gasteiger partial charge in [0.1, 0.15) is 10.8 Å². The van der Waals surface area contributed by atoms with Crippen LogP contribution in [0.3, 0.4) is 0 Å². The van der Waals surface area contributed by atoms with Crippen LogP contribution in [0, 0.1) is 0 Å². The minimum atomic E-state index is 0.246. The van der Waals surface area contributed by atoms with E-state index in [0.717, 1.165) is 66.7 Å². The Kier molecular flexibility index (Phi) is 6.41. The van der Waals surface area contributed by atoms with Crippen molar-refractivity contribution in [1.29, 1.82) is 0 Å². The number of fused-ring (bicyclic) bond motifs is 1. The summed E-state index contributed by atoms with van der Waals surface area (Å²) in [5.74, 6) is 1.10. The molecule has 6 nitrogen and oxygen atoms in total. The highest BCUT2D eigenvalue weighted by Crippen LogP contribution is 2.26. The van der Waals surface area contributed by atoms with Crippen LogP contribution in [-0.4, -0.2) is 59.0 Å². The summed E-state index contributed by atoms with van der Waals surface area (Å²) in [6.07, 6.45) is 3.36. The van der Waals surface area contributed by atoms with Gasteiger partial charge in [-0.25, -0.2) is 4.98 Å². The molecule has 2 aromatic heterocycles. The molecule has 3 heterocycles. The molecular weight excluding hydrogens is 432 g/mol. The summed E-state index contributed by atoms with van der Waals surface area (Å²) in [6, 6.07) is 16.3. The number of hydrogen-bond donors (Lipinski definition) is 1. The number of carbonyl (C=O) groups is 1. The third kappa shape index (κ3) is 4.94. The fourth-order valence-electron chi connectivity index (χ4n) is 4.37. The van der Waals surface area contributed by atoms with Gasteiger partial charge in [-0.1, -0.05) is 18.2 Å². The van der Waals surface area contributed by atoms with E-state index in [1.807, 2.05) is 47.5 Å². The van der Waals surface area contributed by atoms with Crippen LogP contribution in [0.25, 0.3) is 21.5 Å². The molecule has 1 amide bonds. The van der Waals surface area contributed by atoms with E-state index in [1.54, 1.807) is 18.4 Å². The van der Waals surface area contributed by atoms with Crippen LogP contribution in [-0.2, 0) is 17.8 Å². The van der Waals surface area contributed by atoms with Gasteiger partial charge in [0.2, 0.25) is 5.91 Å². The van der Waals surface area contributed by atoms with Crippen LogP contribution < -0.4 is 4.74 Å². The van der Waals surface area contributed by atoms with Crippen molar-refractivity contribution in [3.05, 3.63) is 71.4 Å². The van der Waals surface area contributed by atoms with Gasteiger partial charge in [-0.05, 0) is 42.3 Å². The van der Waals surface area contributed by atoms with Crippen LogP contribution >= 0.6 is 11.3 Å². The number of amides is 1. The average molecular weight is 461 g/mol. The van der Waals surface area contributed by atoms with E-state index in [0.29, 0.717) is 6.42 Å². The minimum Gasteiger partial charge on any atom is -0.497 e. The molecule has 0 atom stereocenters. The van der Waals surface area contributed by atoms with Gasteiger partial charge in [0, 0.05) is 67.2 Å². The largest absolute Gasteiger partial charge is 0.497 e.